The first kappa shape index (κ1) is 65.6. The van der Waals surface area contributed by atoms with Crippen LogP contribution in [0.25, 0.3) is 22.3 Å². The molecule has 2 amide bonds. The number of nitrogens with zero attached hydrogens (tertiary/aromatic N) is 6. The van der Waals surface area contributed by atoms with Gasteiger partial charge < -0.3 is 67.4 Å². The molecular weight excluding hydrogens is 1080 g/mol. The number of aliphatic carboxylic acids is 3. The molecule has 0 saturated heterocycles. The van der Waals surface area contributed by atoms with Gasteiger partial charge in [0.1, 0.15) is 31.9 Å². The molecule has 0 radical (unpaired) electrons. The number of anilines is 4. The number of carbonyl (C=O) groups excluding carboxylic acids is 5. The number of rotatable bonds is 25. The highest BCUT2D eigenvalue weighted by atomic mass is 16.6. The van der Waals surface area contributed by atoms with Crippen molar-refractivity contribution in [3.05, 3.63) is 128 Å². The van der Waals surface area contributed by atoms with Gasteiger partial charge in [0.2, 0.25) is 11.9 Å². The molecule has 0 aliphatic carbocycles. The normalized spacial score (nSPS) is 11.0. The highest BCUT2D eigenvalue weighted by Gasteiger charge is 2.24. The second kappa shape index (κ2) is 32.2. The van der Waals surface area contributed by atoms with Crippen LogP contribution in [0.15, 0.2) is 94.8 Å². The summed E-state index contributed by atoms with van der Waals surface area (Å²) in [5.74, 6) is -6.96. The van der Waals surface area contributed by atoms with E-state index >= 15 is 0 Å². The van der Waals surface area contributed by atoms with Crippen molar-refractivity contribution in [2.75, 3.05) is 48.5 Å². The quantitative estimate of drug-likeness (QED) is 0.0166. The van der Waals surface area contributed by atoms with Crippen LogP contribution in [0.3, 0.4) is 0 Å². The number of carboxylic acid groups (broad SMARTS) is 3. The molecule has 6 rings (SSSR count). The fraction of sp³-hybridized carbons (Fsp3) is 0.294. The Morgan fingerprint density at radius 3 is 1.37 bits per heavy atom. The van der Waals surface area contributed by atoms with Gasteiger partial charge in [0.25, 0.3) is 22.9 Å². The van der Waals surface area contributed by atoms with Crippen molar-refractivity contribution < 1.29 is 73.0 Å². The summed E-state index contributed by atoms with van der Waals surface area (Å²) in [6, 6.07) is 9.71. The standard InChI is InChI=1S/C25H27N7O8.C19H19N7O6.C6H10O3.CH4/c1-13(2)24(38)40-10-9-39-18(33)8-7-17(23(36)37)30-21(34)14-3-5-15(6-4-14)27-11-16-12-28-20-19(29-16)22(35)32-25(26)31-20;20-19-25-15-14(17(30)26-19)23-11(8-22-15)7-21-10-3-1-9(2-4-10)16(29)24-12(18(31)32)5-6-13(27)28;1-5(2)6(8)9-4-3-7;/h3-6,12,17,27H,1,7-11H2,2H3,(H,30,34)(H,36,37)(H3,26,28,31,32,35);1-4,8,12,21H,5-7H2,(H,24,29)(H,27,28)(H,31,32)(H3,20,22,25,26,30);7H,1,3-4H2,2H3;1H4/t17-;12-;;/m00../s1. The van der Waals surface area contributed by atoms with Gasteiger partial charge in [-0.15, -0.1) is 0 Å². The van der Waals surface area contributed by atoms with E-state index in [1.165, 1.54) is 43.6 Å². The first-order valence-electron chi connectivity index (χ1n) is 23.9. The molecule has 2 aromatic carbocycles. The molecule has 31 heteroatoms. The van der Waals surface area contributed by atoms with Gasteiger partial charge in [-0.05, 0) is 75.2 Å². The minimum absolute atomic E-state index is 0. The third-order valence-electron chi connectivity index (χ3n) is 10.3. The molecule has 0 aliphatic rings. The molecule has 0 bridgehead atoms. The molecule has 6 aromatic rings. The van der Waals surface area contributed by atoms with Gasteiger partial charge in [-0.2, -0.15) is 9.97 Å². The summed E-state index contributed by atoms with van der Waals surface area (Å²) >= 11 is 0. The summed E-state index contributed by atoms with van der Waals surface area (Å²) in [7, 11) is 0. The number of nitrogen functional groups attached to an aromatic ring is 2. The summed E-state index contributed by atoms with van der Waals surface area (Å²) in [4.78, 5) is 145. The summed E-state index contributed by atoms with van der Waals surface area (Å²) in [5.41, 5.74) is 13.5. The van der Waals surface area contributed by atoms with Crippen molar-refractivity contribution in [1.29, 1.82) is 0 Å². The van der Waals surface area contributed by atoms with E-state index in [0.29, 0.717) is 28.3 Å². The number of hydrogen-bond acceptors (Lipinski definition) is 24. The molecule has 82 heavy (non-hydrogen) atoms. The summed E-state index contributed by atoms with van der Waals surface area (Å²) in [6.45, 7) is 9.80. The Kier molecular flexibility index (Phi) is 25.8. The smallest absolute Gasteiger partial charge is 0.333 e. The van der Waals surface area contributed by atoms with Crippen molar-refractivity contribution >= 4 is 93.2 Å². The lowest BCUT2D eigenvalue weighted by atomic mass is 10.1. The fourth-order valence-corrected chi connectivity index (χ4v) is 6.25. The number of benzene rings is 2. The maximum absolute atomic E-state index is 12.6. The number of nitrogens with two attached hydrogens (primary N) is 2. The Balaban J connectivity index is 0.000000376. The van der Waals surface area contributed by atoms with Crippen molar-refractivity contribution in [3.8, 4) is 0 Å². The number of aliphatic hydroxyl groups is 1. The van der Waals surface area contributed by atoms with Gasteiger partial charge in [0, 0.05) is 46.5 Å². The molecular formula is C51H60N14O17. The Labute approximate surface area is 464 Å². The van der Waals surface area contributed by atoms with Crippen LogP contribution in [0, 0.1) is 0 Å². The van der Waals surface area contributed by atoms with Crippen LogP contribution < -0.4 is 43.9 Å². The van der Waals surface area contributed by atoms with Crippen LogP contribution >= 0.6 is 0 Å². The first-order valence-corrected chi connectivity index (χ1v) is 23.9. The van der Waals surface area contributed by atoms with E-state index < -0.39 is 70.8 Å². The Morgan fingerprint density at radius 2 is 0.988 bits per heavy atom. The van der Waals surface area contributed by atoms with Crippen LogP contribution in [0.4, 0.5) is 23.3 Å². The highest BCUT2D eigenvalue weighted by molar-refractivity contribution is 5.98. The number of aliphatic hydroxyl groups excluding tert-OH is 1. The fourth-order valence-electron chi connectivity index (χ4n) is 6.25. The molecule has 0 unspecified atom stereocenters. The number of ether oxygens (including phenoxy) is 3. The zero-order valence-electron chi connectivity index (χ0n) is 43.3. The SMILES string of the molecule is C.C=C(C)C(=O)OCCO.C=C(C)C(=O)OCCOC(=O)CC[C@H](NC(=O)c1ccc(NCc2cnc3nc(N)[nH]c(=O)c3n2)cc1)C(=O)O.Nc1nc2ncc(CNc3ccc(C(=O)N[C@@H](CCC(=O)O)C(=O)O)cc3)nc2c(=O)[nH]1. The van der Waals surface area contributed by atoms with Gasteiger partial charge in [-0.3, -0.25) is 38.7 Å². The summed E-state index contributed by atoms with van der Waals surface area (Å²) < 4.78 is 14.2. The number of aromatic nitrogens is 8. The molecule has 0 fully saturated rings. The monoisotopic (exact) mass is 1140 g/mol. The van der Waals surface area contributed by atoms with Crippen LogP contribution in [-0.2, 0) is 56.1 Å². The first-order chi connectivity index (χ1) is 38.4. The number of amides is 2. The summed E-state index contributed by atoms with van der Waals surface area (Å²) in [5, 5.41) is 46.3. The average Bonchev–Trinajstić information content (AvgIpc) is 3.53. The van der Waals surface area contributed by atoms with Crippen LogP contribution in [0.2, 0.25) is 0 Å². The number of fused-ring (bicyclic) bond motifs is 2. The maximum atomic E-state index is 12.6. The number of nitrogens with one attached hydrogen (secondary N) is 6. The van der Waals surface area contributed by atoms with Crippen molar-refractivity contribution in [1.82, 2.24) is 50.5 Å². The van der Waals surface area contributed by atoms with Crippen molar-refractivity contribution in [2.24, 2.45) is 0 Å². The maximum Gasteiger partial charge on any atom is 0.333 e. The van der Waals surface area contributed by atoms with Crippen molar-refractivity contribution in [2.45, 2.75) is 72.1 Å². The van der Waals surface area contributed by atoms with Gasteiger partial charge in [-0.25, -0.2) is 39.1 Å². The topological polar surface area (TPSA) is 488 Å². The lowest BCUT2D eigenvalue weighted by molar-refractivity contribution is -0.150. The molecule has 436 valence electrons. The second-order valence-electron chi connectivity index (χ2n) is 16.8. The summed E-state index contributed by atoms with van der Waals surface area (Å²) in [6.07, 6.45) is 1.81. The Hall–Kier alpha value is -10.7. The van der Waals surface area contributed by atoms with E-state index in [-0.39, 0.29) is 124 Å². The number of hydrogen-bond donors (Lipinski definition) is 12. The second-order valence-corrected chi connectivity index (χ2v) is 16.8. The predicted molar refractivity (Wildman–Crippen MR) is 292 cm³/mol. The lowest BCUT2D eigenvalue weighted by Crippen LogP contribution is -2.41. The average molecular weight is 1140 g/mol. The number of H-pyrrole nitrogens is 2. The van der Waals surface area contributed by atoms with Gasteiger partial charge in [0.05, 0.1) is 43.5 Å². The van der Waals surface area contributed by atoms with Crippen LogP contribution in [0.5, 0.6) is 0 Å². The Morgan fingerprint density at radius 1 is 0.598 bits per heavy atom. The molecule has 14 N–H and O–H groups in total. The van der Waals surface area contributed by atoms with Crippen LogP contribution in [0.1, 0.15) is 79.1 Å². The number of carboxylic acids is 3. The van der Waals surface area contributed by atoms with E-state index in [1.54, 1.807) is 31.2 Å². The molecule has 31 nitrogen and oxygen atoms in total. The zero-order chi connectivity index (χ0) is 59.8. The predicted octanol–water partition coefficient (Wildman–Crippen LogP) is 1.22. The molecule has 4 heterocycles. The largest absolute Gasteiger partial charge is 0.481 e. The third kappa shape index (κ3) is 21.6. The van der Waals surface area contributed by atoms with E-state index in [2.05, 4.69) is 79.0 Å². The molecule has 0 aliphatic heterocycles. The number of carbonyl (C=O) groups is 8. The van der Waals surface area contributed by atoms with E-state index in [4.69, 9.17) is 36.3 Å². The van der Waals surface area contributed by atoms with Crippen LogP contribution in [-0.4, -0.2) is 146 Å². The zero-order valence-corrected chi connectivity index (χ0v) is 43.3. The van der Waals surface area contributed by atoms with E-state index in [9.17, 15) is 53.1 Å². The van der Waals surface area contributed by atoms with E-state index in [0.717, 1.165) is 0 Å². The van der Waals surface area contributed by atoms with Crippen molar-refractivity contribution in [3.63, 3.8) is 0 Å². The minimum Gasteiger partial charge on any atom is -0.481 e. The minimum atomic E-state index is -1.33. The number of esters is 3. The molecule has 2 atom stereocenters. The molecule has 4 aromatic heterocycles. The molecule has 0 spiro atoms. The van der Waals surface area contributed by atoms with Gasteiger partial charge in [0.15, 0.2) is 22.3 Å². The highest BCUT2D eigenvalue weighted by Crippen LogP contribution is 2.15. The third-order valence-corrected chi connectivity index (χ3v) is 10.3. The number of aromatic amines is 2. The Bertz CT molecular complexity index is 3410. The van der Waals surface area contributed by atoms with Gasteiger partial charge in [-0.1, -0.05) is 20.6 Å². The van der Waals surface area contributed by atoms with Gasteiger partial charge >= 0.3 is 35.8 Å². The molecule has 0 saturated carbocycles. The lowest BCUT2D eigenvalue weighted by Gasteiger charge is -2.15. The van der Waals surface area contributed by atoms with E-state index in [1.807, 2.05) is 0 Å².